The number of benzene rings is 7. The van der Waals surface area contributed by atoms with Crippen molar-refractivity contribution in [3.8, 4) is 40.1 Å². The molecule has 3 aliphatic rings. The molecule has 121 heavy (non-hydrogen) atoms. The number of pyridine rings is 2. The van der Waals surface area contributed by atoms with Gasteiger partial charge in [0.05, 0.1) is 6.04 Å². The van der Waals surface area contributed by atoms with Gasteiger partial charge in [-0.25, -0.2) is 19.9 Å². The van der Waals surface area contributed by atoms with Crippen molar-refractivity contribution < 1.29 is 64.0 Å². The molecule has 3 aliphatic heterocycles. The summed E-state index contributed by atoms with van der Waals surface area (Å²) in [5, 5.41) is 29.5. The fourth-order valence-corrected chi connectivity index (χ4v) is 14.9. The molecule has 15 aromatic rings. The number of halogens is 3. The van der Waals surface area contributed by atoms with E-state index in [2.05, 4.69) is 103 Å². The monoisotopic (exact) mass is 1640 g/mol. The number of nitrogens with zero attached hydrogens (tertiary/aromatic N) is 17. The molecule has 614 valence electrons. The Morgan fingerprint density at radius 3 is 1.23 bits per heavy atom. The maximum Gasteiger partial charge on any atom is 0.573 e. The average molecular weight is 1640 g/mol. The highest BCUT2D eigenvalue weighted by atomic mass is 19.4. The van der Waals surface area contributed by atoms with Crippen molar-refractivity contribution in [1.29, 1.82) is 0 Å². The molecule has 3 fully saturated rings. The van der Waals surface area contributed by atoms with Gasteiger partial charge in [-0.05, 0) is 115 Å². The smallest absolute Gasteiger partial charge is 0.436 e. The normalized spacial score (nSPS) is 15.0. The highest BCUT2D eigenvalue weighted by molar-refractivity contribution is 5.97. The van der Waals surface area contributed by atoms with Crippen LogP contribution in [0, 0.1) is 20.8 Å². The van der Waals surface area contributed by atoms with Crippen molar-refractivity contribution in [3.63, 3.8) is 0 Å². The molecule has 0 saturated carbocycles. The van der Waals surface area contributed by atoms with Gasteiger partial charge in [0, 0.05) is 158 Å². The first-order valence-electron chi connectivity index (χ1n) is 38.9. The third-order valence-electron chi connectivity index (χ3n) is 20.5. The molecule has 0 aliphatic carbocycles. The minimum Gasteiger partial charge on any atom is -0.436 e. The molecule has 3 N–H and O–H groups in total. The van der Waals surface area contributed by atoms with Crippen molar-refractivity contribution in [2.45, 2.75) is 59.1 Å². The van der Waals surface area contributed by atoms with Crippen LogP contribution >= 0.6 is 0 Å². The molecule has 7 aromatic carbocycles. The van der Waals surface area contributed by atoms with Gasteiger partial charge in [-0.2, -0.15) is 5.10 Å². The van der Waals surface area contributed by atoms with Gasteiger partial charge in [-0.3, -0.25) is 53.7 Å². The third-order valence-corrected chi connectivity index (χ3v) is 20.5. The zero-order valence-corrected chi connectivity index (χ0v) is 66.1. The summed E-state index contributed by atoms with van der Waals surface area (Å²) in [6, 6.07) is 57.8. The van der Waals surface area contributed by atoms with E-state index >= 15 is 0 Å². The number of aryl methyl sites for hydroxylation is 3. The van der Waals surface area contributed by atoms with Gasteiger partial charge < -0.3 is 52.2 Å². The summed E-state index contributed by atoms with van der Waals surface area (Å²) in [5.74, 6) is 3.31. The Morgan fingerprint density at radius 2 is 0.826 bits per heavy atom. The summed E-state index contributed by atoms with van der Waals surface area (Å²) >= 11 is 0. The number of hydrogen-bond donors (Lipinski definition) is 3. The number of carbonyl (C=O) groups excluding carboxylic acids is 5. The van der Waals surface area contributed by atoms with Crippen LogP contribution in [0.15, 0.2) is 229 Å². The summed E-state index contributed by atoms with van der Waals surface area (Å²) in [7, 11) is 0. The molecular weight excluding hydrogens is 1560 g/mol. The Balaban J connectivity index is 0.000000135. The molecule has 31 nitrogen and oxygen atoms in total. The van der Waals surface area contributed by atoms with Gasteiger partial charge in [-0.1, -0.05) is 97.1 Å². The molecule has 8 aromatic heterocycles. The highest BCUT2D eigenvalue weighted by Gasteiger charge is 2.37. The molecule has 0 radical (unpaired) electrons. The fraction of sp³-hybridized carbons (Fsp3) is 0.241. The second-order valence-electron chi connectivity index (χ2n) is 28.9. The number of amides is 5. The average Bonchev–Trinajstić information content (AvgIpc) is 1.79. The number of fused-ring (bicyclic) bond motifs is 3. The summed E-state index contributed by atoms with van der Waals surface area (Å²) in [4.78, 5) is 102. The van der Waals surface area contributed by atoms with E-state index in [1.54, 1.807) is 90.5 Å². The second-order valence-corrected chi connectivity index (χ2v) is 28.9. The number of anilines is 2. The molecular formula is C87H79F3N20O11. The zero-order chi connectivity index (χ0) is 83.8. The van der Waals surface area contributed by atoms with Crippen LogP contribution in [0.2, 0.25) is 0 Å². The van der Waals surface area contributed by atoms with Crippen LogP contribution in [0.3, 0.4) is 0 Å². The van der Waals surface area contributed by atoms with E-state index in [9.17, 15) is 37.1 Å². The highest BCUT2D eigenvalue weighted by Crippen LogP contribution is 2.36. The first kappa shape index (κ1) is 80.3. The number of alkyl halides is 3. The molecule has 1 unspecified atom stereocenters. The van der Waals surface area contributed by atoms with E-state index in [0.717, 1.165) is 40.5 Å². The number of rotatable bonds is 18. The lowest BCUT2D eigenvalue weighted by atomic mass is 10.0. The lowest BCUT2D eigenvalue weighted by Gasteiger charge is -2.38. The number of oxazole rings is 3. The predicted molar refractivity (Wildman–Crippen MR) is 436 cm³/mol. The summed E-state index contributed by atoms with van der Waals surface area (Å²) in [5.41, 5.74) is 10.3. The van der Waals surface area contributed by atoms with Crippen molar-refractivity contribution in [3.05, 3.63) is 275 Å². The van der Waals surface area contributed by atoms with Crippen molar-refractivity contribution in [1.82, 2.24) is 89.9 Å². The van der Waals surface area contributed by atoms with Gasteiger partial charge in [0.1, 0.15) is 51.6 Å². The molecule has 5 amide bonds. The molecule has 11 heterocycles. The fourth-order valence-electron chi connectivity index (χ4n) is 14.9. The number of H-pyrrole nitrogens is 1. The maximum atomic E-state index is 13.5. The van der Waals surface area contributed by atoms with Crippen LogP contribution in [0.1, 0.15) is 115 Å². The van der Waals surface area contributed by atoms with E-state index in [0.29, 0.717) is 175 Å². The van der Waals surface area contributed by atoms with Gasteiger partial charge in [0.25, 0.3) is 17.7 Å². The quantitative estimate of drug-likeness (QED) is 0.0718. The topological polar surface area (TPSA) is 361 Å². The van der Waals surface area contributed by atoms with Gasteiger partial charge in [0.2, 0.25) is 53.0 Å². The number of aromatic nitrogens is 12. The van der Waals surface area contributed by atoms with E-state index in [-0.39, 0.29) is 70.3 Å². The molecule has 18 rings (SSSR count). The van der Waals surface area contributed by atoms with Crippen molar-refractivity contribution in [2.24, 2.45) is 0 Å². The Morgan fingerprint density at radius 1 is 0.421 bits per heavy atom. The van der Waals surface area contributed by atoms with Gasteiger partial charge in [0.15, 0.2) is 22.6 Å². The molecule has 3 saturated heterocycles. The lowest BCUT2D eigenvalue weighted by Crippen LogP contribution is -2.50. The lowest BCUT2D eigenvalue weighted by molar-refractivity contribution is -0.274. The third kappa shape index (κ3) is 18.9. The van der Waals surface area contributed by atoms with E-state index in [1.807, 2.05) is 115 Å². The van der Waals surface area contributed by atoms with Crippen LogP contribution in [0.5, 0.6) is 5.75 Å². The largest absolute Gasteiger partial charge is 0.573 e. The molecule has 0 bridgehead atoms. The predicted octanol–water partition coefficient (Wildman–Crippen LogP) is 13.5. The van der Waals surface area contributed by atoms with E-state index < -0.39 is 12.1 Å². The minimum atomic E-state index is -4.82. The number of ether oxygens (including phenoxy) is 1. The minimum absolute atomic E-state index is 0.0319. The standard InChI is InChI=1S/C30H29N7O3.C29H27N7O4.C28H23F3N6O4/c1-19-31-28(35-34-19)27(21-7-4-3-5-8-21)36-13-15-37(16-14-36)30(39)23-10-6-9-22(17-23)29-33-25-18-24(32-20(2)38)11-12-26(25)40-29;1-18(37)31-22-8-9-25-23(17-22)32-27(40-25)21-10-11-30-24(16-21)29(38)36-14-12-35(13-15-36)26(20-6-4-3-5-7-20)28-34-33-19(2)39-28;1-17-34-35-26(39-17)24(18-5-3-2-4-6-18)36-11-13-37(14-12-36)27(38)22-15-19(9-10-32-22)25-33-21-16-20(41-28(29,30)31)7-8-23(21)40-25/h3-12,17-18,27H,13-16H2,1-2H3,(H,32,38)(H,31,34,35);3-11,16-17,26H,12-15H2,1-2H3,(H,31,37);2-10,15-16,24H,11-14H2,1H3/t;26-;24-/m.11/s1. The van der Waals surface area contributed by atoms with Crippen molar-refractivity contribution in [2.75, 3.05) is 89.2 Å². The van der Waals surface area contributed by atoms with Crippen molar-refractivity contribution >= 4 is 74.2 Å². The number of piperazine rings is 3. The number of carbonyl (C=O) groups is 5. The van der Waals surface area contributed by atoms with E-state index in [1.165, 1.54) is 26.1 Å². The van der Waals surface area contributed by atoms with Crippen LogP contribution in [-0.2, 0) is 9.59 Å². The van der Waals surface area contributed by atoms with Crippen LogP contribution in [0.25, 0.3) is 67.7 Å². The number of hydrogen-bond acceptors (Lipinski definition) is 25. The molecule has 34 heteroatoms. The molecule has 3 atom stereocenters. The van der Waals surface area contributed by atoms with E-state index in [4.69, 9.17) is 22.1 Å². The summed E-state index contributed by atoms with van der Waals surface area (Å²) in [6.07, 6.45) is -1.77. The van der Waals surface area contributed by atoms with Crippen LogP contribution in [0.4, 0.5) is 24.5 Å². The Labute approximate surface area is 688 Å². The summed E-state index contributed by atoms with van der Waals surface area (Å²) < 4.78 is 70.9. The summed E-state index contributed by atoms with van der Waals surface area (Å²) in [6.45, 7) is 15.2. The SMILES string of the molecule is CC(=O)Nc1ccc2oc(-c3cccc(C(=O)N4CCN(C(c5ccccc5)c5n[nH]c(C)n5)CC4)c3)nc2c1.CC(=O)Nc1ccc2oc(-c3ccnc(C(=O)N4CCN([C@H](c5ccccc5)c5nnc(C)o5)CC4)c3)nc2c1.Cc1nnc([C@@H](c2ccccc2)N2CCN(C(=O)c3cc(-c4nc5cc(OC(F)(F)F)ccc5o4)ccn3)CC2)o1. The Bertz CT molecular complexity index is 5960. The first-order chi connectivity index (χ1) is 58.6. The maximum absolute atomic E-state index is 13.5. The Kier molecular flexibility index (Phi) is 23.5. The van der Waals surface area contributed by atoms with Gasteiger partial charge in [-0.15, -0.1) is 33.6 Å². The van der Waals surface area contributed by atoms with Crippen LogP contribution in [-0.4, -0.2) is 204 Å². The zero-order valence-electron chi connectivity index (χ0n) is 66.1. The second kappa shape index (κ2) is 35.4. The number of nitrogens with one attached hydrogen (secondary N) is 3. The van der Waals surface area contributed by atoms with Crippen LogP contribution < -0.4 is 15.4 Å². The van der Waals surface area contributed by atoms with Gasteiger partial charge >= 0.3 is 6.36 Å². The molecule has 0 spiro atoms. The first-order valence-corrected chi connectivity index (χ1v) is 38.9. The Hall–Kier alpha value is -14.5. The number of aromatic amines is 1.